The predicted molar refractivity (Wildman–Crippen MR) is 104 cm³/mol. The van der Waals surface area contributed by atoms with E-state index in [1.165, 1.54) is 18.5 Å². The van der Waals surface area contributed by atoms with Gasteiger partial charge in [-0.1, -0.05) is 0 Å². The Labute approximate surface area is 161 Å². The van der Waals surface area contributed by atoms with Gasteiger partial charge in [0.15, 0.2) is 5.82 Å². The molecule has 0 aromatic carbocycles. The molecule has 8 heteroatoms. The van der Waals surface area contributed by atoms with Crippen molar-refractivity contribution in [2.24, 2.45) is 0 Å². The van der Waals surface area contributed by atoms with Gasteiger partial charge in [0.2, 0.25) is 0 Å². The van der Waals surface area contributed by atoms with Crippen molar-refractivity contribution >= 4 is 11.8 Å². The normalized spacial score (nSPS) is 23.5. The molecule has 0 bridgehead atoms. The molecule has 0 unspecified atom stereocenters. The number of carbonyl (C=O) groups excluding carboxylic acids is 1. The van der Waals surface area contributed by atoms with Gasteiger partial charge >= 0.3 is 6.03 Å². The second kappa shape index (κ2) is 7.67. The number of carbonyl (C=O) groups is 1. The molecular weight excluding hydrogens is 344 g/mol. The highest BCUT2D eigenvalue weighted by Gasteiger charge is 2.29. The molecule has 1 aliphatic carbocycles. The van der Waals surface area contributed by atoms with Crippen LogP contribution in [-0.4, -0.2) is 90.6 Å². The van der Waals surface area contributed by atoms with Crippen LogP contribution in [0.5, 0.6) is 0 Å². The number of anilines is 1. The van der Waals surface area contributed by atoms with Crippen LogP contribution >= 0.6 is 0 Å². The molecule has 3 heterocycles. The van der Waals surface area contributed by atoms with Crippen molar-refractivity contribution in [1.82, 2.24) is 25.3 Å². The summed E-state index contributed by atoms with van der Waals surface area (Å²) in [5, 5.41) is 10.7. The molecule has 0 spiro atoms. The van der Waals surface area contributed by atoms with Crippen LogP contribution in [0.25, 0.3) is 0 Å². The first kappa shape index (κ1) is 18.6. The number of H-pyrrole nitrogens is 1. The molecule has 1 aromatic rings. The average molecular weight is 377 g/mol. The summed E-state index contributed by atoms with van der Waals surface area (Å²) in [5.74, 6) is 1.71. The summed E-state index contributed by atoms with van der Waals surface area (Å²) in [7, 11) is 0. The van der Waals surface area contributed by atoms with Gasteiger partial charge in [-0.2, -0.15) is 5.10 Å². The van der Waals surface area contributed by atoms with Crippen LogP contribution in [0, 0.1) is 0 Å². The Morgan fingerprint density at radius 3 is 2.78 bits per heavy atom. The summed E-state index contributed by atoms with van der Waals surface area (Å²) < 4.78 is 5.73. The molecule has 2 N–H and O–H groups in total. The quantitative estimate of drug-likeness (QED) is 0.808. The topological polar surface area (TPSA) is 76.7 Å². The molecule has 27 heavy (non-hydrogen) atoms. The highest BCUT2D eigenvalue weighted by molar-refractivity contribution is 5.74. The largest absolute Gasteiger partial charge is 0.373 e. The Bertz CT molecular complexity index is 648. The second-order valence-electron chi connectivity index (χ2n) is 8.55. The van der Waals surface area contributed by atoms with Crippen molar-refractivity contribution < 1.29 is 9.53 Å². The zero-order chi connectivity index (χ0) is 18.9. The van der Waals surface area contributed by atoms with Crippen LogP contribution in [0.2, 0.25) is 0 Å². The molecule has 1 aromatic heterocycles. The van der Waals surface area contributed by atoms with E-state index in [9.17, 15) is 4.79 Å². The molecule has 8 nitrogen and oxygen atoms in total. The van der Waals surface area contributed by atoms with Crippen molar-refractivity contribution in [2.75, 3.05) is 63.9 Å². The molecule has 4 rings (SSSR count). The summed E-state index contributed by atoms with van der Waals surface area (Å²) in [6.07, 6.45) is 2.55. The lowest BCUT2D eigenvalue weighted by molar-refractivity contribution is -0.0853. The van der Waals surface area contributed by atoms with Crippen molar-refractivity contribution in [3.8, 4) is 0 Å². The Kier molecular flexibility index (Phi) is 5.27. The molecule has 2 aliphatic heterocycles. The number of aromatic nitrogens is 2. The summed E-state index contributed by atoms with van der Waals surface area (Å²) in [6.45, 7) is 11.5. The standard InChI is InChI=1S/C19H32N6O2/c1-19(2)14-23(11-12-27-19)6-5-20-18(26)25-9-7-24(8-10-25)17-13-16(21-22-17)15-3-4-15/h13,15H,3-12,14H2,1-2H3,(H,20,26)(H,21,22). The highest BCUT2D eigenvalue weighted by Crippen LogP contribution is 2.39. The fraction of sp³-hybridized carbons (Fsp3) is 0.789. The van der Waals surface area contributed by atoms with Crippen LogP contribution in [0.4, 0.5) is 10.6 Å². The van der Waals surface area contributed by atoms with Crippen LogP contribution in [-0.2, 0) is 4.74 Å². The Morgan fingerprint density at radius 2 is 2.07 bits per heavy atom. The maximum atomic E-state index is 12.4. The molecular formula is C19H32N6O2. The van der Waals surface area contributed by atoms with Gasteiger partial charge in [-0.15, -0.1) is 0 Å². The van der Waals surface area contributed by atoms with Gasteiger partial charge in [-0.05, 0) is 26.7 Å². The number of amides is 2. The number of rotatable bonds is 5. The minimum atomic E-state index is -0.0930. The minimum absolute atomic E-state index is 0.0443. The number of nitrogens with one attached hydrogen (secondary N) is 2. The molecule has 2 saturated heterocycles. The number of hydrogen-bond donors (Lipinski definition) is 2. The van der Waals surface area contributed by atoms with E-state index >= 15 is 0 Å². The number of urea groups is 1. The molecule has 3 fully saturated rings. The van der Waals surface area contributed by atoms with Gasteiger partial charge in [-0.25, -0.2) is 4.79 Å². The summed E-state index contributed by atoms with van der Waals surface area (Å²) >= 11 is 0. The Morgan fingerprint density at radius 1 is 1.30 bits per heavy atom. The minimum Gasteiger partial charge on any atom is -0.373 e. The summed E-state index contributed by atoms with van der Waals surface area (Å²) in [5.41, 5.74) is 1.17. The maximum absolute atomic E-state index is 12.4. The second-order valence-corrected chi connectivity index (χ2v) is 8.55. The van der Waals surface area contributed by atoms with Gasteiger partial charge in [0.25, 0.3) is 0 Å². The van der Waals surface area contributed by atoms with Gasteiger partial charge in [0, 0.05) is 70.0 Å². The average Bonchev–Trinajstić information content (AvgIpc) is 3.38. The molecule has 1 saturated carbocycles. The van der Waals surface area contributed by atoms with Gasteiger partial charge in [-0.3, -0.25) is 10.00 Å². The number of ether oxygens (including phenoxy) is 1. The molecule has 2 amide bonds. The zero-order valence-electron chi connectivity index (χ0n) is 16.5. The molecule has 150 valence electrons. The van der Waals surface area contributed by atoms with E-state index in [2.05, 4.69) is 45.2 Å². The lowest BCUT2D eigenvalue weighted by atomic mass is 10.1. The number of nitrogens with zero attached hydrogens (tertiary/aromatic N) is 4. The van der Waals surface area contributed by atoms with E-state index in [1.54, 1.807) is 0 Å². The summed E-state index contributed by atoms with van der Waals surface area (Å²) in [6, 6.07) is 2.22. The third kappa shape index (κ3) is 4.73. The number of piperazine rings is 1. The van der Waals surface area contributed by atoms with Crippen LogP contribution in [0.3, 0.4) is 0 Å². The summed E-state index contributed by atoms with van der Waals surface area (Å²) in [4.78, 5) is 19.0. The SMILES string of the molecule is CC1(C)CN(CCNC(=O)N2CCN(c3cc(C4CC4)[nH]n3)CC2)CCO1. The van der Waals surface area contributed by atoms with E-state index in [1.807, 2.05) is 4.90 Å². The lowest BCUT2D eigenvalue weighted by Crippen LogP contribution is -2.54. The Balaban J connectivity index is 1.17. The van der Waals surface area contributed by atoms with E-state index in [-0.39, 0.29) is 11.6 Å². The van der Waals surface area contributed by atoms with E-state index in [0.717, 1.165) is 58.2 Å². The van der Waals surface area contributed by atoms with Crippen molar-refractivity contribution in [2.45, 2.75) is 38.2 Å². The van der Waals surface area contributed by atoms with Crippen LogP contribution in [0.15, 0.2) is 6.07 Å². The molecule has 0 radical (unpaired) electrons. The monoisotopic (exact) mass is 376 g/mol. The number of hydrogen-bond acceptors (Lipinski definition) is 5. The Hall–Kier alpha value is -1.80. The van der Waals surface area contributed by atoms with Gasteiger partial charge in [0.1, 0.15) is 0 Å². The lowest BCUT2D eigenvalue weighted by Gasteiger charge is -2.38. The van der Waals surface area contributed by atoms with Crippen molar-refractivity contribution in [1.29, 1.82) is 0 Å². The third-order valence-corrected chi connectivity index (χ3v) is 5.70. The fourth-order valence-corrected chi connectivity index (χ4v) is 3.97. The third-order valence-electron chi connectivity index (χ3n) is 5.70. The van der Waals surface area contributed by atoms with Crippen molar-refractivity contribution in [3.63, 3.8) is 0 Å². The first-order valence-electron chi connectivity index (χ1n) is 10.2. The van der Waals surface area contributed by atoms with E-state index in [4.69, 9.17) is 4.74 Å². The number of aromatic amines is 1. The highest BCUT2D eigenvalue weighted by atomic mass is 16.5. The van der Waals surface area contributed by atoms with Crippen LogP contribution in [0.1, 0.15) is 38.3 Å². The maximum Gasteiger partial charge on any atom is 0.317 e. The van der Waals surface area contributed by atoms with E-state index < -0.39 is 0 Å². The predicted octanol–water partition coefficient (Wildman–Crippen LogP) is 1.23. The number of morpholine rings is 1. The first-order chi connectivity index (χ1) is 13.0. The first-order valence-corrected chi connectivity index (χ1v) is 10.2. The fourth-order valence-electron chi connectivity index (χ4n) is 3.97. The molecule has 0 atom stereocenters. The van der Waals surface area contributed by atoms with Gasteiger partial charge in [0.05, 0.1) is 12.2 Å². The molecule has 3 aliphatic rings. The zero-order valence-corrected chi connectivity index (χ0v) is 16.5. The van der Waals surface area contributed by atoms with E-state index in [0.29, 0.717) is 12.5 Å². The van der Waals surface area contributed by atoms with Crippen molar-refractivity contribution in [3.05, 3.63) is 11.8 Å². The van der Waals surface area contributed by atoms with Gasteiger partial charge < -0.3 is 19.9 Å². The van der Waals surface area contributed by atoms with Crippen LogP contribution < -0.4 is 10.2 Å². The smallest absolute Gasteiger partial charge is 0.317 e.